The largest absolute Gasteiger partial charge is 0.323 e. The van der Waals surface area contributed by atoms with Crippen LogP contribution in [0.1, 0.15) is 23.8 Å². The van der Waals surface area contributed by atoms with Gasteiger partial charge in [-0.15, -0.1) is 17.9 Å². The van der Waals surface area contributed by atoms with Crippen LogP contribution in [0, 0.1) is 0 Å². The molecule has 1 aromatic heterocycles. The molecule has 0 aliphatic carbocycles. The topological polar surface area (TPSA) is 26.0 Å². The first kappa shape index (κ1) is 9.78. The first-order valence-electron chi connectivity index (χ1n) is 3.85. The lowest BCUT2D eigenvalue weighted by Gasteiger charge is -2.06. The fraction of sp³-hybridized carbons (Fsp3) is 0.333. The van der Waals surface area contributed by atoms with Gasteiger partial charge < -0.3 is 5.73 Å². The normalized spacial score (nSPS) is 12.8. The molecular weight excluding hydrogens is 190 g/mol. The Labute approximate surface area is 81.9 Å². The summed E-state index contributed by atoms with van der Waals surface area (Å²) in [5, 5.41) is 0. The molecule has 1 nitrogen and oxygen atoms in total. The fourth-order valence-electron chi connectivity index (χ4n) is 0.967. The molecule has 0 aromatic carbocycles. The van der Waals surface area contributed by atoms with Crippen molar-refractivity contribution in [1.29, 1.82) is 0 Å². The SMILES string of the molecule is C=CCCC(N)c1ccc(Cl)s1. The van der Waals surface area contributed by atoms with Gasteiger partial charge in [-0.05, 0) is 25.0 Å². The first-order chi connectivity index (χ1) is 5.74. The molecule has 1 aromatic rings. The molecule has 66 valence electrons. The van der Waals surface area contributed by atoms with Gasteiger partial charge in [0, 0.05) is 10.9 Å². The third-order valence-corrected chi connectivity index (χ3v) is 3.00. The Hall–Kier alpha value is -0.310. The van der Waals surface area contributed by atoms with Gasteiger partial charge in [-0.3, -0.25) is 0 Å². The van der Waals surface area contributed by atoms with E-state index in [2.05, 4.69) is 6.58 Å². The summed E-state index contributed by atoms with van der Waals surface area (Å²) in [6, 6.07) is 3.98. The molecular formula is C9H12ClNS. The summed E-state index contributed by atoms with van der Waals surface area (Å²) in [5.74, 6) is 0. The quantitative estimate of drug-likeness (QED) is 0.743. The van der Waals surface area contributed by atoms with Gasteiger partial charge in [-0.1, -0.05) is 17.7 Å². The zero-order valence-electron chi connectivity index (χ0n) is 6.79. The summed E-state index contributed by atoms with van der Waals surface area (Å²) in [5.41, 5.74) is 5.90. The molecule has 0 bridgehead atoms. The van der Waals surface area contributed by atoms with E-state index in [-0.39, 0.29) is 6.04 Å². The second-order valence-electron chi connectivity index (χ2n) is 2.61. The minimum Gasteiger partial charge on any atom is -0.323 e. The van der Waals surface area contributed by atoms with Crippen LogP contribution in [0.15, 0.2) is 24.8 Å². The van der Waals surface area contributed by atoms with Crippen LogP contribution >= 0.6 is 22.9 Å². The molecule has 0 radical (unpaired) electrons. The van der Waals surface area contributed by atoms with E-state index in [9.17, 15) is 0 Å². The van der Waals surface area contributed by atoms with Crippen molar-refractivity contribution in [3.05, 3.63) is 34.0 Å². The van der Waals surface area contributed by atoms with Crippen molar-refractivity contribution >= 4 is 22.9 Å². The van der Waals surface area contributed by atoms with Crippen molar-refractivity contribution in [1.82, 2.24) is 0 Å². The van der Waals surface area contributed by atoms with Gasteiger partial charge in [0.15, 0.2) is 0 Å². The molecule has 0 aliphatic heterocycles. The van der Waals surface area contributed by atoms with Gasteiger partial charge in [-0.25, -0.2) is 0 Å². The van der Waals surface area contributed by atoms with Gasteiger partial charge in [-0.2, -0.15) is 0 Å². The second kappa shape index (κ2) is 4.65. The van der Waals surface area contributed by atoms with Crippen molar-refractivity contribution in [2.24, 2.45) is 5.73 Å². The highest BCUT2D eigenvalue weighted by Crippen LogP contribution is 2.27. The monoisotopic (exact) mass is 201 g/mol. The molecule has 0 spiro atoms. The summed E-state index contributed by atoms with van der Waals surface area (Å²) >= 11 is 7.33. The number of nitrogens with two attached hydrogens (primary N) is 1. The smallest absolute Gasteiger partial charge is 0.0931 e. The molecule has 0 saturated carbocycles. The lowest BCUT2D eigenvalue weighted by molar-refractivity contribution is 0.673. The highest BCUT2D eigenvalue weighted by molar-refractivity contribution is 7.16. The predicted octanol–water partition coefficient (Wildman–Crippen LogP) is 3.37. The third-order valence-electron chi connectivity index (χ3n) is 1.64. The number of halogens is 1. The van der Waals surface area contributed by atoms with Crippen molar-refractivity contribution in [2.45, 2.75) is 18.9 Å². The van der Waals surface area contributed by atoms with Crippen molar-refractivity contribution in [3.8, 4) is 0 Å². The van der Waals surface area contributed by atoms with Crippen LogP contribution in [0.4, 0.5) is 0 Å². The third kappa shape index (κ3) is 2.63. The lowest BCUT2D eigenvalue weighted by Crippen LogP contribution is -2.07. The van der Waals surface area contributed by atoms with E-state index in [1.807, 2.05) is 18.2 Å². The highest BCUT2D eigenvalue weighted by Gasteiger charge is 2.06. The molecule has 0 fully saturated rings. The lowest BCUT2D eigenvalue weighted by atomic mass is 10.1. The number of thiophene rings is 1. The van der Waals surface area contributed by atoms with Crippen LogP contribution < -0.4 is 5.73 Å². The minimum absolute atomic E-state index is 0.112. The molecule has 3 heteroatoms. The summed E-state index contributed by atoms with van der Waals surface area (Å²) in [6.07, 6.45) is 3.78. The Morgan fingerprint density at radius 1 is 1.67 bits per heavy atom. The summed E-state index contributed by atoms with van der Waals surface area (Å²) in [4.78, 5) is 1.15. The van der Waals surface area contributed by atoms with Crippen LogP contribution in [0.5, 0.6) is 0 Å². The predicted molar refractivity (Wildman–Crippen MR) is 55.7 cm³/mol. The van der Waals surface area contributed by atoms with Crippen molar-refractivity contribution < 1.29 is 0 Å². The number of hydrogen-bond acceptors (Lipinski definition) is 2. The van der Waals surface area contributed by atoms with Crippen LogP contribution in [0.2, 0.25) is 4.34 Å². The average molecular weight is 202 g/mol. The van der Waals surface area contributed by atoms with Gasteiger partial charge in [0.1, 0.15) is 0 Å². The number of hydrogen-bond donors (Lipinski definition) is 1. The van der Waals surface area contributed by atoms with E-state index in [0.717, 1.165) is 22.1 Å². The van der Waals surface area contributed by atoms with Crippen LogP contribution in [0.25, 0.3) is 0 Å². The van der Waals surface area contributed by atoms with E-state index >= 15 is 0 Å². The zero-order chi connectivity index (χ0) is 8.97. The van der Waals surface area contributed by atoms with E-state index in [1.165, 1.54) is 0 Å². The molecule has 2 N–H and O–H groups in total. The fourth-order valence-corrected chi connectivity index (χ4v) is 2.06. The number of rotatable bonds is 4. The minimum atomic E-state index is 0.112. The first-order valence-corrected chi connectivity index (χ1v) is 5.05. The van der Waals surface area contributed by atoms with E-state index in [0.29, 0.717) is 0 Å². The maximum absolute atomic E-state index is 5.90. The Balaban J connectivity index is 2.52. The van der Waals surface area contributed by atoms with Gasteiger partial charge in [0.2, 0.25) is 0 Å². The molecule has 1 rings (SSSR count). The number of allylic oxidation sites excluding steroid dienone is 1. The maximum Gasteiger partial charge on any atom is 0.0931 e. The zero-order valence-corrected chi connectivity index (χ0v) is 8.37. The Morgan fingerprint density at radius 3 is 2.92 bits per heavy atom. The second-order valence-corrected chi connectivity index (χ2v) is 4.36. The van der Waals surface area contributed by atoms with E-state index in [4.69, 9.17) is 17.3 Å². The van der Waals surface area contributed by atoms with Gasteiger partial charge in [0.25, 0.3) is 0 Å². The molecule has 1 atom stereocenters. The van der Waals surface area contributed by atoms with E-state index in [1.54, 1.807) is 11.3 Å². The molecule has 0 saturated heterocycles. The van der Waals surface area contributed by atoms with Crippen LogP contribution in [0.3, 0.4) is 0 Å². The Morgan fingerprint density at radius 2 is 2.42 bits per heavy atom. The molecule has 1 heterocycles. The van der Waals surface area contributed by atoms with E-state index < -0.39 is 0 Å². The molecule has 0 aliphatic rings. The molecule has 12 heavy (non-hydrogen) atoms. The average Bonchev–Trinajstić information content (AvgIpc) is 2.47. The summed E-state index contributed by atoms with van der Waals surface area (Å²) in [7, 11) is 0. The summed E-state index contributed by atoms with van der Waals surface area (Å²) < 4.78 is 0.805. The highest BCUT2D eigenvalue weighted by atomic mass is 35.5. The summed E-state index contributed by atoms with van der Waals surface area (Å²) in [6.45, 7) is 3.65. The van der Waals surface area contributed by atoms with Gasteiger partial charge in [0.05, 0.1) is 4.34 Å². The molecule has 0 amide bonds. The van der Waals surface area contributed by atoms with Crippen molar-refractivity contribution in [3.63, 3.8) is 0 Å². The standard InChI is InChI=1S/C9H12ClNS/c1-2-3-4-7(11)8-5-6-9(10)12-8/h2,5-7H,1,3-4,11H2. The van der Waals surface area contributed by atoms with Gasteiger partial charge >= 0.3 is 0 Å². The van der Waals surface area contributed by atoms with Crippen LogP contribution in [-0.4, -0.2) is 0 Å². The Kier molecular flexibility index (Phi) is 3.79. The van der Waals surface area contributed by atoms with Crippen LogP contribution in [-0.2, 0) is 0 Å². The molecule has 1 unspecified atom stereocenters. The Bertz CT molecular complexity index is 257. The maximum atomic E-state index is 5.90. The van der Waals surface area contributed by atoms with Crippen molar-refractivity contribution in [2.75, 3.05) is 0 Å².